The third-order valence-electron chi connectivity index (χ3n) is 1.65. The van der Waals surface area contributed by atoms with Gasteiger partial charge in [0.1, 0.15) is 0 Å². The van der Waals surface area contributed by atoms with E-state index in [2.05, 4.69) is 4.72 Å². The molecule has 0 amide bonds. The Bertz CT molecular complexity index is 335. The molecule has 1 rings (SSSR count). The van der Waals surface area contributed by atoms with Crippen molar-refractivity contribution >= 4 is 22.8 Å². The predicted octanol–water partition coefficient (Wildman–Crippen LogP) is 0.500. The van der Waals surface area contributed by atoms with Crippen molar-refractivity contribution < 1.29 is 9.32 Å². The minimum atomic E-state index is -1.61. The molecule has 0 saturated carbocycles. The largest absolute Gasteiger partial charge is 0.387 e. The van der Waals surface area contributed by atoms with Crippen LogP contribution >= 0.6 is 11.6 Å². The van der Waals surface area contributed by atoms with E-state index in [4.69, 9.17) is 16.7 Å². The van der Waals surface area contributed by atoms with Gasteiger partial charge in [-0.05, 0) is 17.7 Å². The van der Waals surface area contributed by atoms with Crippen LogP contribution in [0.3, 0.4) is 0 Å². The van der Waals surface area contributed by atoms with Crippen molar-refractivity contribution in [2.24, 2.45) is 5.14 Å². The zero-order chi connectivity index (χ0) is 10.6. The fourth-order valence-corrected chi connectivity index (χ4v) is 1.51. The van der Waals surface area contributed by atoms with Crippen molar-refractivity contribution in [2.75, 3.05) is 6.54 Å². The molecule has 1 aromatic rings. The van der Waals surface area contributed by atoms with E-state index in [1.54, 1.807) is 24.3 Å². The molecule has 0 aliphatic rings. The van der Waals surface area contributed by atoms with Gasteiger partial charge in [0, 0.05) is 11.6 Å². The lowest BCUT2D eigenvalue weighted by Crippen LogP contribution is -2.28. The van der Waals surface area contributed by atoms with Gasteiger partial charge in [-0.15, -0.1) is 0 Å². The highest BCUT2D eigenvalue weighted by atomic mass is 35.5. The van der Waals surface area contributed by atoms with Gasteiger partial charge in [-0.2, -0.15) is 0 Å². The van der Waals surface area contributed by atoms with Crippen molar-refractivity contribution in [1.82, 2.24) is 4.72 Å². The second-order valence-electron chi connectivity index (χ2n) is 2.72. The molecule has 0 aliphatic heterocycles. The number of aliphatic hydroxyl groups is 1. The summed E-state index contributed by atoms with van der Waals surface area (Å²) in [5, 5.41) is 15.1. The topological polar surface area (TPSA) is 75.4 Å². The summed E-state index contributed by atoms with van der Waals surface area (Å²) >= 11 is 4.13. The number of benzene rings is 1. The predicted molar refractivity (Wildman–Crippen MR) is 56.7 cm³/mol. The van der Waals surface area contributed by atoms with E-state index >= 15 is 0 Å². The second-order valence-corrected chi connectivity index (χ2v) is 4.04. The Balaban J connectivity index is 2.60. The first kappa shape index (κ1) is 11.6. The Labute approximate surface area is 89.8 Å². The van der Waals surface area contributed by atoms with E-state index < -0.39 is 17.3 Å². The van der Waals surface area contributed by atoms with Crippen LogP contribution in [0.1, 0.15) is 11.7 Å². The average molecular weight is 235 g/mol. The van der Waals surface area contributed by atoms with Crippen LogP contribution in [0.2, 0.25) is 5.02 Å². The molecule has 0 spiro atoms. The van der Waals surface area contributed by atoms with Crippen molar-refractivity contribution in [2.45, 2.75) is 6.10 Å². The average Bonchev–Trinajstić information content (AvgIpc) is 2.14. The Hall–Kier alpha value is -0.460. The van der Waals surface area contributed by atoms with Crippen LogP contribution in [0, 0.1) is 0 Å². The molecule has 0 bridgehead atoms. The van der Waals surface area contributed by atoms with Crippen LogP contribution in [0.15, 0.2) is 24.3 Å². The van der Waals surface area contributed by atoms with Gasteiger partial charge in [-0.3, -0.25) is 0 Å². The van der Waals surface area contributed by atoms with Crippen molar-refractivity contribution in [1.29, 1.82) is 0 Å². The van der Waals surface area contributed by atoms with E-state index in [0.29, 0.717) is 10.6 Å². The van der Waals surface area contributed by atoms with E-state index in [0.717, 1.165) is 0 Å². The van der Waals surface area contributed by atoms with Crippen LogP contribution in [0.5, 0.6) is 0 Å². The molecule has 4 N–H and O–H groups in total. The summed E-state index contributed by atoms with van der Waals surface area (Å²) in [6, 6.07) is 6.83. The molecule has 6 heteroatoms. The molecule has 4 nitrogen and oxygen atoms in total. The highest BCUT2D eigenvalue weighted by molar-refractivity contribution is 7.80. The maximum atomic E-state index is 10.5. The van der Waals surface area contributed by atoms with Crippen LogP contribution in [-0.4, -0.2) is 15.9 Å². The molecular weight excluding hydrogens is 224 g/mol. The quantitative estimate of drug-likeness (QED) is 0.710. The summed E-state index contributed by atoms with van der Waals surface area (Å²) in [5.41, 5.74) is 0.662. The van der Waals surface area contributed by atoms with Gasteiger partial charge in [-0.1, -0.05) is 23.7 Å². The highest BCUT2D eigenvalue weighted by Gasteiger charge is 2.07. The first-order valence-corrected chi connectivity index (χ1v) is 5.52. The van der Waals surface area contributed by atoms with Crippen LogP contribution in [-0.2, 0) is 11.2 Å². The number of nitrogens with one attached hydrogen (secondary N) is 1. The minimum absolute atomic E-state index is 0.128. The molecule has 14 heavy (non-hydrogen) atoms. The first-order valence-electron chi connectivity index (χ1n) is 3.93. The smallest absolute Gasteiger partial charge is 0.164 e. The second kappa shape index (κ2) is 5.43. The van der Waals surface area contributed by atoms with Gasteiger partial charge >= 0.3 is 0 Å². The van der Waals surface area contributed by atoms with Crippen LogP contribution in [0.4, 0.5) is 0 Å². The monoisotopic (exact) mass is 234 g/mol. The van der Waals surface area contributed by atoms with E-state index in [9.17, 15) is 9.32 Å². The van der Waals surface area contributed by atoms with Gasteiger partial charge < -0.3 is 5.11 Å². The molecule has 0 radical (unpaired) electrons. The normalized spacial score (nSPS) is 15.1. The summed E-state index contributed by atoms with van der Waals surface area (Å²) in [6.07, 6.45) is -0.763. The SMILES string of the molecule is NS(=O)NCC(O)c1cccc(Cl)c1. The molecule has 0 aliphatic carbocycles. The molecule has 0 saturated heterocycles. The molecule has 1 aromatic carbocycles. The fraction of sp³-hybridized carbons (Fsp3) is 0.250. The number of halogens is 1. The molecule has 2 unspecified atom stereocenters. The highest BCUT2D eigenvalue weighted by Crippen LogP contribution is 2.16. The lowest BCUT2D eigenvalue weighted by Gasteiger charge is -2.10. The molecule has 0 fully saturated rings. The summed E-state index contributed by atoms with van der Waals surface area (Å²) in [7, 11) is 0. The van der Waals surface area contributed by atoms with Crippen molar-refractivity contribution in [3.8, 4) is 0 Å². The number of hydrogen-bond acceptors (Lipinski definition) is 2. The number of aliphatic hydroxyl groups excluding tert-OH is 1. The minimum Gasteiger partial charge on any atom is -0.387 e. The fourth-order valence-electron chi connectivity index (χ4n) is 0.993. The van der Waals surface area contributed by atoms with E-state index in [1.807, 2.05) is 0 Å². The summed E-state index contributed by atoms with van der Waals surface area (Å²) in [6.45, 7) is 0.128. The molecule has 2 atom stereocenters. The van der Waals surface area contributed by atoms with Crippen LogP contribution < -0.4 is 9.86 Å². The maximum Gasteiger partial charge on any atom is 0.164 e. The number of hydrogen-bond donors (Lipinski definition) is 3. The number of rotatable bonds is 4. The van der Waals surface area contributed by atoms with Gasteiger partial charge in [-0.25, -0.2) is 14.1 Å². The van der Waals surface area contributed by atoms with Gasteiger partial charge in [0.25, 0.3) is 0 Å². The Morgan fingerprint density at radius 1 is 1.64 bits per heavy atom. The number of nitrogens with two attached hydrogens (primary N) is 1. The summed E-state index contributed by atoms with van der Waals surface area (Å²) < 4.78 is 12.9. The third-order valence-corrected chi connectivity index (χ3v) is 2.34. The Morgan fingerprint density at radius 2 is 2.36 bits per heavy atom. The molecule has 0 heterocycles. The lowest BCUT2D eigenvalue weighted by atomic mass is 10.1. The van der Waals surface area contributed by atoms with E-state index in [1.165, 1.54) is 0 Å². The van der Waals surface area contributed by atoms with Gasteiger partial charge in [0.15, 0.2) is 11.2 Å². The van der Waals surface area contributed by atoms with Crippen molar-refractivity contribution in [3.63, 3.8) is 0 Å². The third kappa shape index (κ3) is 3.73. The first-order chi connectivity index (χ1) is 6.59. The summed E-state index contributed by atoms with van der Waals surface area (Å²) in [5.74, 6) is 0. The summed E-state index contributed by atoms with van der Waals surface area (Å²) in [4.78, 5) is 0. The van der Waals surface area contributed by atoms with Gasteiger partial charge in [0.2, 0.25) is 0 Å². The van der Waals surface area contributed by atoms with Crippen molar-refractivity contribution in [3.05, 3.63) is 34.9 Å². The van der Waals surface area contributed by atoms with Crippen LogP contribution in [0.25, 0.3) is 0 Å². The Kier molecular flexibility index (Phi) is 4.50. The van der Waals surface area contributed by atoms with Gasteiger partial charge in [0.05, 0.1) is 6.10 Å². The lowest BCUT2D eigenvalue weighted by molar-refractivity contribution is 0.182. The van der Waals surface area contributed by atoms with E-state index in [-0.39, 0.29) is 6.54 Å². The maximum absolute atomic E-state index is 10.5. The zero-order valence-corrected chi connectivity index (χ0v) is 8.89. The molecular formula is C8H11ClN2O2S. The molecule has 78 valence electrons. The zero-order valence-electron chi connectivity index (χ0n) is 7.31. The standard InChI is InChI=1S/C8H11ClN2O2S/c9-7-3-1-2-6(4-7)8(12)5-11-14(10)13/h1-4,8,11-12H,5,10H2. The Morgan fingerprint density at radius 3 is 2.93 bits per heavy atom. The molecule has 0 aromatic heterocycles.